The molecule has 15 heavy (non-hydrogen) atoms. The molecule has 0 atom stereocenters. The van der Waals surface area contributed by atoms with E-state index in [1.54, 1.807) is 0 Å². The summed E-state index contributed by atoms with van der Waals surface area (Å²) in [7, 11) is 0. The summed E-state index contributed by atoms with van der Waals surface area (Å²) in [5.74, 6) is -0.131. The molecule has 0 aromatic carbocycles. The predicted octanol–water partition coefficient (Wildman–Crippen LogP) is 3.86. The van der Waals surface area contributed by atoms with Gasteiger partial charge in [0, 0.05) is 5.57 Å². The molecule has 0 rings (SSSR count). The van der Waals surface area contributed by atoms with Crippen LogP contribution in [-0.4, -0.2) is 12.6 Å². The third kappa shape index (κ3) is 5.60. The Morgan fingerprint density at radius 1 is 1.00 bits per heavy atom. The van der Waals surface area contributed by atoms with Crippen molar-refractivity contribution < 1.29 is 9.53 Å². The summed E-state index contributed by atoms with van der Waals surface area (Å²) in [6, 6.07) is 0. The van der Waals surface area contributed by atoms with Crippen LogP contribution in [0.4, 0.5) is 0 Å². The lowest BCUT2D eigenvalue weighted by atomic mass is 10.0. The van der Waals surface area contributed by atoms with Crippen molar-refractivity contribution in [1.82, 2.24) is 0 Å². The van der Waals surface area contributed by atoms with Crippen LogP contribution in [0.1, 0.15) is 59.8 Å². The SMILES string of the molecule is CCCOC(=O)C(C)=C(CCC)CCC. The molecular formula is C13H24O2. The van der Waals surface area contributed by atoms with E-state index in [4.69, 9.17) is 4.74 Å². The smallest absolute Gasteiger partial charge is 0.333 e. The van der Waals surface area contributed by atoms with Crippen LogP contribution in [0, 0.1) is 0 Å². The van der Waals surface area contributed by atoms with E-state index in [0.29, 0.717) is 6.61 Å². The fraction of sp³-hybridized carbons (Fsp3) is 0.769. The monoisotopic (exact) mass is 212 g/mol. The van der Waals surface area contributed by atoms with E-state index < -0.39 is 0 Å². The van der Waals surface area contributed by atoms with Gasteiger partial charge in [-0.15, -0.1) is 0 Å². The van der Waals surface area contributed by atoms with Crippen LogP contribution >= 0.6 is 0 Å². The van der Waals surface area contributed by atoms with Crippen molar-refractivity contribution >= 4 is 5.97 Å². The third-order valence-corrected chi connectivity index (χ3v) is 2.38. The predicted molar refractivity (Wildman–Crippen MR) is 63.8 cm³/mol. The van der Waals surface area contributed by atoms with Gasteiger partial charge in [0.15, 0.2) is 0 Å². The molecule has 0 heterocycles. The minimum Gasteiger partial charge on any atom is -0.462 e. The van der Waals surface area contributed by atoms with Crippen molar-refractivity contribution in [2.24, 2.45) is 0 Å². The molecule has 0 aliphatic carbocycles. The van der Waals surface area contributed by atoms with Gasteiger partial charge in [-0.25, -0.2) is 4.79 Å². The fourth-order valence-corrected chi connectivity index (χ4v) is 1.55. The molecule has 0 unspecified atom stereocenters. The molecule has 2 nitrogen and oxygen atoms in total. The Morgan fingerprint density at radius 2 is 1.53 bits per heavy atom. The summed E-state index contributed by atoms with van der Waals surface area (Å²) < 4.78 is 5.13. The van der Waals surface area contributed by atoms with E-state index in [1.807, 2.05) is 13.8 Å². The maximum atomic E-state index is 11.6. The van der Waals surface area contributed by atoms with E-state index in [1.165, 1.54) is 5.57 Å². The van der Waals surface area contributed by atoms with Crippen molar-refractivity contribution in [2.75, 3.05) is 6.61 Å². The quantitative estimate of drug-likeness (QED) is 0.473. The molecule has 2 heteroatoms. The second-order valence-corrected chi connectivity index (χ2v) is 3.86. The Morgan fingerprint density at radius 3 is 1.93 bits per heavy atom. The maximum absolute atomic E-state index is 11.6. The molecule has 0 saturated heterocycles. The van der Waals surface area contributed by atoms with E-state index in [-0.39, 0.29) is 5.97 Å². The summed E-state index contributed by atoms with van der Waals surface area (Å²) in [6.45, 7) is 8.70. The first-order valence-corrected chi connectivity index (χ1v) is 6.03. The van der Waals surface area contributed by atoms with Crippen LogP contribution in [0.15, 0.2) is 11.1 Å². The number of esters is 1. The summed E-state index contributed by atoms with van der Waals surface area (Å²) in [5.41, 5.74) is 2.09. The average Bonchev–Trinajstić information content (AvgIpc) is 2.24. The third-order valence-electron chi connectivity index (χ3n) is 2.38. The van der Waals surface area contributed by atoms with Gasteiger partial charge in [0.25, 0.3) is 0 Å². The lowest BCUT2D eigenvalue weighted by Crippen LogP contribution is -2.09. The molecule has 0 N–H and O–H groups in total. The minimum atomic E-state index is -0.131. The van der Waals surface area contributed by atoms with Crippen LogP contribution in [0.25, 0.3) is 0 Å². The Balaban J connectivity index is 4.44. The van der Waals surface area contributed by atoms with E-state index >= 15 is 0 Å². The molecule has 0 aliphatic heterocycles. The van der Waals surface area contributed by atoms with Gasteiger partial charge in [0.1, 0.15) is 0 Å². The van der Waals surface area contributed by atoms with Gasteiger partial charge in [-0.3, -0.25) is 0 Å². The number of rotatable bonds is 7. The van der Waals surface area contributed by atoms with E-state index in [9.17, 15) is 4.79 Å². The lowest BCUT2D eigenvalue weighted by molar-refractivity contribution is -0.139. The van der Waals surface area contributed by atoms with Crippen molar-refractivity contribution in [2.45, 2.75) is 59.8 Å². The van der Waals surface area contributed by atoms with Crippen LogP contribution in [0.3, 0.4) is 0 Å². The number of ether oxygens (including phenoxy) is 1. The second kappa shape index (κ2) is 8.51. The van der Waals surface area contributed by atoms with Crippen molar-refractivity contribution in [3.8, 4) is 0 Å². The highest BCUT2D eigenvalue weighted by molar-refractivity contribution is 5.88. The molecule has 0 aromatic rings. The standard InChI is InChI=1S/C13H24O2/c1-5-8-12(9-6-2)11(4)13(14)15-10-7-3/h5-10H2,1-4H3. The number of carbonyl (C=O) groups is 1. The molecule has 0 radical (unpaired) electrons. The van der Waals surface area contributed by atoms with Gasteiger partial charge in [0.05, 0.1) is 6.61 Å². The first-order chi connectivity index (χ1) is 7.17. The number of allylic oxidation sites excluding steroid dienone is 1. The molecule has 0 spiro atoms. The van der Waals surface area contributed by atoms with Gasteiger partial charge < -0.3 is 4.74 Å². The zero-order chi connectivity index (χ0) is 11.7. The van der Waals surface area contributed by atoms with Crippen LogP contribution in [-0.2, 0) is 9.53 Å². The van der Waals surface area contributed by atoms with Crippen LogP contribution in [0.2, 0.25) is 0 Å². The molecule has 0 amide bonds. The highest BCUT2D eigenvalue weighted by Crippen LogP contribution is 2.18. The molecule has 0 aromatic heterocycles. The summed E-state index contributed by atoms with van der Waals surface area (Å²) in [5, 5.41) is 0. The van der Waals surface area contributed by atoms with E-state index in [2.05, 4.69) is 13.8 Å². The maximum Gasteiger partial charge on any atom is 0.333 e. The van der Waals surface area contributed by atoms with Crippen LogP contribution in [0.5, 0.6) is 0 Å². The number of carbonyl (C=O) groups excluding carboxylic acids is 1. The van der Waals surface area contributed by atoms with Gasteiger partial charge in [-0.2, -0.15) is 0 Å². The number of hydrogen-bond acceptors (Lipinski definition) is 2. The fourth-order valence-electron chi connectivity index (χ4n) is 1.55. The Bertz CT molecular complexity index is 209. The zero-order valence-electron chi connectivity index (χ0n) is 10.6. The first kappa shape index (κ1) is 14.2. The molecular weight excluding hydrogens is 188 g/mol. The van der Waals surface area contributed by atoms with Crippen molar-refractivity contribution in [3.05, 3.63) is 11.1 Å². The lowest BCUT2D eigenvalue weighted by Gasteiger charge is -2.10. The molecule has 0 aliphatic rings. The highest BCUT2D eigenvalue weighted by atomic mass is 16.5. The van der Waals surface area contributed by atoms with Crippen LogP contribution < -0.4 is 0 Å². The number of hydrogen-bond donors (Lipinski definition) is 0. The largest absolute Gasteiger partial charge is 0.462 e. The Kier molecular flexibility index (Phi) is 8.06. The zero-order valence-corrected chi connectivity index (χ0v) is 10.6. The summed E-state index contributed by atoms with van der Waals surface area (Å²) >= 11 is 0. The second-order valence-electron chi connectivity index (χ2n) is 3.86. The average molecular weight is 212 g/mol. The van der Waals surface area contributed by atoms with Crippen molar-refractivity contribution in [1.29, 1.82) is 0 Å². The molecule has 88 valence electrons. The van der Waals surface area contributed by atoms with Gasteiger partial charge >= 0.3 is 5.97 Å². The summed E-state index contributed by atoms with van der Waals surface area (Å²) in [6.07, 6.45) is 5.10. The van der Waals surface area contributed by atoms with Gasteiger partial charge in [-0.1, -0.05) is 39.2 Å². The molecule has 0 fully saturated rings. The normalized spacial score (nSPS) is 9.87. The first-order valence-electron chi connectivity index (χ1n) is 6.03. The van der Waals surface area contributed by atoms with Crippen molar-refractivity contribution in [3.63, 3.8) is 0 Å². The minimum absolute atomic E-state index is 0.131. The van der Waals surface area contributed by atoms with E-state index in [0.717, 1.165) is 37.7 Å². The molecule has 0 bridgehead atoms. The summed E-state index contributed by atoms with van der Waals surface area (Å²) in [4.78, 5) is 11.6. The topological polar surface area (TPSA) is 26.3 Å². The van der Waals surface area contributed by atoms with Gasteiger partial charge in [-0.05, 0) is 26.2 Å². The molecule has 0 saturated carbocycles. The Labute approximate surface area is 93.7 Å². The van der Waals surface area contributed by atoms with Gasteiger partial charge in [0.2, 0.25) is 0 Å². The highest BCUT2D eigenvalue weighted by Gasteiger charge is 2.10. The Hall–Kier alpha value is -0.790.